The third-order valence-corrected chi connectivity index (χ3v) is 5.72. The minimum atomic E-state index is -5.60. The van der Waals surface area contributed by atoms with Crippen molar-refractivity contribution in [1.82, 2.24) is 0 Å². The molecule has 1 rings (SSSR count). The summed E-state index contributed by atoms with van der Waals surface area (Å²) in [4.78, 5) is 0. The minimum absolute atomic E-state index is 0.580. The molecule has 0 bridgehead atoms. The molecule has 0 aliphatic heterocycles. The van der Waals surface area contributed by atoms with Crippen LogP contribution >= 0.6 is 0 Å². The Hall–Kier alpha value is -1.30. The highest BCUT2D eigenvalue weighted by atomic mass is 32.2. The van der Waals surface area contributed by atoms with Crippen molar-refractivity contribution in [1.29, 1.82) is 0 Å². The number of rotatable bonds is 2. The van der Waals surface area contributed by atoms with Gasteiger partial charge in [0.1, 0.15) is 0 Å². The molecule has 104 valence electrons. The second-order valence-electron chi connectivity index (χ2n) is 4.11. The fourth-order valence-electron chi connectivity index (χ4n) is 1.09. The molecule has 0 radical (unpaired) electrons. The number of hydrogen-bond donors (Lipinski definition) is 0. The summed E-state index contributed by atoms with van der Waals surface area (Å²) in [5.74, 6) is 2.61. The molecule has 0 amide bonds. The maximum Gasteiger partial charge on any atom is 0.522 e. The Morgan fingerprint density at radius 2 is 1.68 bits per heavy atom. The summed E-state index contributed by atoms with van der Waals surface area (Å²) < 4.78 is 62.6. The van der Waals surface area contributed by atoms with Crippen molar-refractivity contribution >= 4 is 18.4 Å². The molecule has 1 aromatic carbocycles. The van der Waals surface area contributed by atoms with E-state index < -0.39 is 23.9 Å². The van der Waals surface area contributed by atoms with Crippen LogP contribution in [-0.4, -0.2) is 22.2 Å². The SMILES string of the molecule is C[Si](C)(C#Cc1ccccc1)OS(=O)(=O)C(F)(F)F. The van der Waals surface area contributed by atoms with Crippen LogP contribution in [-0.2, 0) is 14.0 Å². The van der Waals surface area contributed by atoms with Gasteiger partial charge in [-0.3, -0.25) is 3.87 Å². The zero-order valence-electron chi connectivity index (χ0n) is 10.2. The van der Waals surface area contributed by atoms with Gasteiger partial charge in [0.2, 0.25) is 0 Å². The zero-order chi connectivity index (χ0) is 14.7. The molecule has 1 aromatic rings. The average molecular weight is 308 g/mol. The van der Waals surface area contributed by atoms with Crippen LogP contribution in [0.3, 0.4) is 0 Å². The van der Waals surface area contributed by atoms with E-state index in [4.69, 9.17) is 0 Å². The summed E-state index contributed by atoms with van der Waals surface area (Å²) in [5.41, 5.74) is -2.35. The Morgan fingerprint density at radius 3 is 2.16 bits per heavy atom. The summed E-state index contributed by atoms with van der Waals surface area (Å²) >= 11 is 0. The van der Waals surface area contributed by atoms with Crippen molar-refractivity contribution in [3.63, 3.8) is 0 Å². The molecule has 0 fully saturated rings. The first kappa shape index (κ1) is 15.8. The van der Waals surface area contributed by atoms with Crippen molar-refractivity contribution in [3.05, 3.63) is 35.9 Å². The van der Waals surface area contributed by atoms with Gasteiger partial charge in [0, 0.05) is 5.56 Å². The lowest BCUT2D eigenvalue weighted by atomic mass is 10.2. The Balaban J connectivity index is 2.93. The lowest BCUT2D eigenvalue weighted by Crippen LogP contribution is -2.38. The van der Waals surface area contributed by atoms with Crippen LogP contribution in [0.5, 0.6) is 0 Å². The maximum atomic E-state index is 12.2. The van der Waals surface area contributed by atoms with E-state index in [9.17, 15) is 21.6 Å². The summed E-state index contributed by atoms with van der Waals surface area (Å²) in [6.45, 7) is 2.57. The third-order valence-electron chi connectivity index (χ3n) is 1.88. The highest BCUT2D eigenvalue weighted by Gasteiger charge is 2.50. The third kappa shape index (κ3) is 4.70. The van der Waals surface area contributed by atoms with Crippen LogP contribution < -0.4 is 0 Å². The van der Waals surface area contributed by atoms with Gasteiger partial charge in [-0.1, -0.05) is 29.7 Å². The second-order valence-corrected chi connectivity index (χ2v) is 9.42. The van der Waals surface area contributed by atoms with Crippen LogP contribution in [0, 0.1) is 11.5 Å². The number of alkyl halides is 3. The molecule has 0 spiro atoms. The van der Waals surface area contributed by atoms with Crippen LogP contribution in [0.2, 0.25) is 13.1 Å². The summed E-state index contributed by atoms with van der Waals surface area (Å²) in [6, 6.07) is 8.52. The normalized spacial score (nSPS) is 12.7. The van der Waals surface area contributed by atoms with Gasteiger partial charge in [-0.25, -0.2) is 0 Å². The smallest absolute Gasteiger partial charge is 0.293 e. The van der Waals surface area contributed by atoms with Gasteiger partial charge in [-0.15, -0.1) is 0 Å². The van der Waals surface area contributed by atoms with E-state index in [2.05, 4.69) is 15.3 Å². The molecule has 0 heterocycles. The van der Waals surface area contributed by atoms with Gasteiger partial charge in [0.15, 0.2) is 0 Å². The van der Waals surface area contributed by atoms with E-state index in [1.165, 1.54) is 13.1 Å². The predicted octanol–water partition coefficient (Wildman–Crippen LogP) is 2.65. The van der Waals surface area contributed by atoms with E-state index >= 15 is 0 Å². The minimum Gasteiger partial charge on any atom is -0.293 e. The van der Waals surface area contributed by atoms with Crippen molar-refractivity contribution in [2.45, 2.75) is 18.6 Å². The Kier molecular flexibility index (Phi) is 4.45. The molecule has 0 aliphatic carbocycles. The largest absolute Gasteiger partial charge is 0.522 e. The molecule has 8 heteroatoms. The quantitative estimate of drug-likeness (QED) is 0.479. The van der Waals surface area contributed by atoms with Gasteiger partial charge in [-0.05, 0) is 25.2 Å². The second kappa shape index (κ2) is 5.36. The molecule has 0 saturated carbocycles. The van der Waals surface area contributed by atoms with Gasteiger partial charge in [0.05, 0.1) is 0 Å². The molecule has 0 saturated heterocycles. The van der Waals surface area contributed by atoms with Crippen molar-refractivity contribution in [3.8, 4) is 11.5 Å². The standard InChI is InChI=1S/C11H11F3O3SSi/c1-19(2,17-18(15,16)11(12,13)14)9-8-10-6-4-3-5-7-10/h3-7H,1-2H3. The van der Waals surface area contributed by atoms with Gasteiger partial charge in [-0.2, -0.15) is 21.6 Å². The van der Waals surface area contributed by atoms with Crippen molar-refractivity contribution in [2.24, 2.45) is 0 Å². The number of hydrogen-bond acceptors (Lipinski definition) is 3. The topological polar surface area (TPSA) is 43.4 Å². The first-order chi connectivity index (χ1) is 8.54. The van der Waals surface area contributed by atoms with E-state index in [1.807, 2.05) is 0 Å². The summed E-state index contributed by atoms with van der Waals surface area (Å²) in [6.07, 6.45) is 0. The van der Waals surface area contributed by atoms with Crippen LogP contribution in [0.25, 0.3) is 0 Å². The average Bonchev–Trinajstić information content (AvgIpc) is 2.25. The zero-order valence-corrected chi connectivity index (χ0v) is 12.0. The Morgan fingerprint density at radius 1 is 1.16 bits per heavy atom. The van der Waals surface area contributed by atoms with Gasteiger partial charge in [0.25, 0.3) is 8.32 Å². The monoisotopic (exact) mass is 308 g/mol. The first-order valence-electron chi connectivity index (χ1n) is 5.14. The maximum absolute atomic E-state index is 12.2. The summed E-state index contributed by atoms with van der Waals surface area (Å²) in [7, 11) is -8.90. The molecule has 3 nitrogen and oxygen atoms in total. The van der Waals surface area contributed by atoms with E-state index in [0.717, 1.165) is 0 Å². The van der Waals surface area contributed by atoms with Crippen molar-refractivity contribution < 1.29 is 25.5 Å². The molecule has 0 aromatic heterocycles. The molecule has 19 heavy (non-hydrogen) atoms. The summed E-state index contributed by atoms with van der Waals surface area (Å²) in [5, 5.41) is 0. The van der Waals surface area contributed by atoms with E-state index in [1.54, 1.807) is 30.3 Å². The predicted molar refractivity (Wildman–Crippen MR) is 66.9 cm³/mol. The highest BCUT2D eigenvalue weighted by molar-refractivity contribution is 7.88. The fraction of sp³-hybridized carbons (Fsp3) is 0.273. The lowest BCUT2D eigenvalue weighted by molar-refractivity contribution is -0.0502. The van der Waals surface area contributed by atoms with Gasteiger partial charge < -0.3 is 0 Å². The highest BCUT2D eigenvalue weighted by Crippen LogP contribution is 2.27. The number of halogens is 3. The van der Waals surface area contributed by atoms with Crippen LogP contribution in [0.4, 0.5) is 13.2 Å². The fourth-order valence-corrected chi connectivity index (χ4v) is 4.27. The van der Waals surface area contributed by atoms with Crippen LogP contribution in [0.1, 0.15) is 5.56 Å². The Bertz CT molecular complexity index is 598. The Labute approximate surface area is 110 Å². The van der Waals surface area contributed by atoms with Gasteiger partial charge >= 0.3 is 15.6 Å². The first-order valence-corrected chi connectivity index (χ1v) is 9.45. The molecular formula is C11H11F3O3SSi. The molecular weight excluding hydrogens is 297 g/mol. The van der Waals surface area contributed by atoms with E-state index in [0.29, 0.717) is 5.56 Å². The molecule has 0 unspecified atom stereocenters. The van der Waals surface area contributed by atoms with Crippen LogP contribution in [0.15, 0.2) is 30.3 Å². The molecule has 0 N–H and O–H groups in total. The lowest BCUT2D eigenvalue weighted by Gasteiger charge is -2.17. The van der Waals surface area contributed by atoms with Crippen molar-refractivity contribution in [2.75, 3.05) is 0 Å². The van der Waals surface area contributed by atoms with E-state index in [-0.39, 0.29) is 0 Å². The molecule has 0 aliphatic rings. The number of benzene rings is 1. The molecule has 0 atom stereocenters.